The van der Waals surface area contributed by atoms with Gasteiger partial charge < -0.3 is 9.47 Å². The zero-order chi connectivity index (χ0) is 25.5. The van der Waals surface area contributed by atoms with Gasteiger partial charge in [-0.05, 0) is 75.3 Å². The lowest BCUT2D eigenvalue weighted by Gasteiger charge is -2.32. The highest BCUT2D eigenvalue weighted by Crippen LogP contribution is 2.47. The molecule has 0 radical (unpaired) electrons. The van der Waals surface area contributed by atoms with Crippen LogP contribution in [0.15, 0.2) is 54.1 Å². The fraction of sp³-hybridized carbons (Fsp3) is 0.433. The minimum atomic E-state index is -0.592. The van der Waals surface area contributed by atoms with Gasteiger partial charge in [0.15, 0.2) is 5.78 Å². The molecule has 2 atom stereocenters. The molecule has 3 rings (SSSR count). The monoisotopic (exact) mass is 475 g/mol. The molecule has 1 aromatic carbocycles. The van der Waals surface area contributed by atoms with Crippen molar-refractivity contribution in [1.82, 2.24) is 4.98 Å². The van der Waals surface area contributed by atoms with Crippen molar-refractivity contribution in [3.63, 3.8) is 0 Å². The summed E-state index contributed by atoms with van der Waals surface area (Å²) in [6.45, 7) is 12.0. The van der Waals surface area contributed by atoms with Gasteiger partial charge in [-0.3, -0.25) is 4.79 Å². The minimum Gasteiger partial charge on any atom is -0.496 e. The van der Waals surface area contributed by atoms with Crippen LogP contribution in [-0.2, 0) is 6.42 Å². The molecule has 0 spiro atoms. The third-order valence-electron chi connectivity index (χ3n) is 6.69. The first-order chi connectivity index (χ1) is 16.7. The van der Waals surface area contributed by atoms with Crippen LogP contribution >= 0.6 is 0 Å². The van der Waals surface area contributed by atoms with Crippen LogP contribution in [0, 0.1) is 5.92 Å². The van der Waals surface area contributed by atoms with Crippen LogP contribution in [0.4, 0.5) is 0 Å². The van der Waals surface area contributed by atoms with E-state index in [0.717, 1.165) is 61.0 Å². The van der Waals surface area contributed by atoms with Crippen LogP contribution in [-0.4, -0.2) is 23.8 Å². The van der Waals surface area contributed by atoms with E-state index in [0.29, 0.717) is 5.75 Å². The summed E-state index contributed by atoms with van der Waals surface area (Å²) in [6, 6.07) is 8.85. The maximum atomic E-state index is 13.2. The summed E-state index contributed by atoms with van der Waals surface area (Å²) in [4.78, 5) is 29.2. The third kappa shape index (κ3) is 6.47. The van der Waals surface area contributed by atoms with Gasteiger partial charge in [0.25, 0.3) is 0 Å². The number of esters is 1. The van der Waals surface area contributed by atoms with Crippen LogP contribution < -0.4 is 9.47 Å². The first-order valence-electron chi connectivity index (χ1n) is 12.5. The van der Waals surface area contributed by atoms with Crippen molar-refractivity contribution in [1.29, 1.82) is 0 Å². The van der Waals surface area contributed by atoms with E-state index in [4.69, 9.17) is 9.47 Å². The number of carbonyl (C=O) groups excluding carboxylic acids is 2. The van der Waals surface area contributed by atoms with E-state index in [9.17, 15) is 9.59 Å². The van der Waals surface area contributed by atoms with Gasteiger partial charge in [-0.2, -0.15) is 0 Å². The third-order valence-corrected chi connectivity index (χ3v) is 6.69. The number of aryl methyl sites for hydroxylation is 1. The van der Waals surface area contributed by atoms with Crippen molar-refractivity contribution in [2.45, 2.75) is 72.1 Å². The number of carbonyl (C=O) groups is 2. The summed E-state index contributed by atoms with van der Waals surface area (Å²) >= 11 is 0. The molecule has 5 nitrogen and oxygen atoms in total. The Morgan fingerprint density at radius 3 is 2.49 bits per heavy atom. The molecule has 0 aliphatic heterocycles. The van der Waals surface area contributed by atoms with Crippen LogP contribution in [0.25, 0.3) is 0 Å². The second-order valence-corrected chi connectivity index (χ2v) is 9.55. The molecule has 0 saturated heterocycles. The molecule has 2 aromatic rings. The Bertz CT molecular complexity index is 1130. The minimum absolute atomic E-state index is 0.0137. The average Bonchev–Trinajstić information content (AvgIpc) is 2.83. The number of pyridine rings is 1. The molecule has 0 N–H and O–H groups in total. The number of methoxy groups -OCH3 is 1. The van der Waals surface area contributed by atoms with Gasteiger partial charge in [-0.1, -0.05) is 49.6 Å². The molecule has 186 valence electrons. The first kappa shape index (κ1) is 26.4. The number of unbranched alkanes of at least 4 members (excludes halogenated alkanes) is 2. The number of Topliss-reactive ketones (excluding diaryl/α,β-unsaturated/α-hetero) is 1. The maximum Gasteiger partial charge on any atom is 0.362 e. The molecular formula is C30H37NO4. The van der Waals surface area contributed by atoms with Gasteiger partial charge in [0.2, 0.25) is 0 Å². The highest BCUT2D eigenvalue weighted by molar-refractivity contribution is 5.95. The smallest absolute Gasteiger partial charge is 0.362 e. The number of rotatable bonds is 10. The second-order valence-electron chi connectivity index (χ2n) is 9.55. The SMILES string of the molecule is C=C(C)[C@@H]1CCC(C)=C[C@H]1c1c(OC)cc(CCCCC)cc1OC(=O)c1cccc(C(C)=O)n1. The van der Waals surface area contributed by atoms with Gasteiger partial charge in [0.1, 0.15) is 22.9 Å². The van der Waals surface area contributed by atoms with Crippen molar-refractivity contribution in [2.24, 2.45) is 5.92 Å². The Balaban J connectivity index is 2.10. The number of allylic oxidation sites excluding steroid dienone is 3. The quantitative estimate of drug-likeness (QED) is 0.119. The number of ether oxygens (including phenoxy) is 2. The topological polar surface area (TPSA) is 65.5 Å². The van der Waals surface area contributed by atoms with Crippen LogP contribution in [0.5, 0.6) is 11.5 Å². The molecule has 0 unspecified atom stereocenters. The Morgan fingerprint density at radius 2 is 1.83 bits per heavy atom. The molecule has 35 heavy (non-hydrogen) atoms. The van der Waals surface area contributed by atoms with Crippen molar-refractivity contribution < 1.29 is 19.1 Å². The summed E-state index contributed by atoms with van der Waals surface area (Å²) in [5, 5.41) is 0. The summed E-state index contributed by atoms with van der Waals surface area (Å²) in [7, 11) is 1.66. The normalized spacial score (nSPS) is 17.5. The molecule has 0 saturated carbocycles. The van der Waals surface area contributed by atoms with E-state index < -0.39 is 5.97 Å². The van der Waals surface area contributed by atoms with Crippen LogP contribution in [0.1, 0.15) is 97.8 Å². The Hall–Kier alpha value is -3.21. The second kappa shape index (κ2) is 12.0. The Morgan fingerprint density at radius 1 is 1.11 bits per heavy atom. The zero-order valence-corrected chi connectivity index (χ0v) is 21.6. The number of nitrogens with zero attached hydrogens (tertiary/aromatic N) is 1. The van der Waals surface area contributed by atoms with Crippen LogP contribution in [0.3, 0.4) is 0 Å². The molecule has 0 amide bonds. The van der Waals surface area contributed by atoms with Crippen molar-refractivity contribution >= 4 is 11.8 Å². The van der Waals surface area contributed by atoms with Crippen molar-refractivity contribution in [2.75, 3.05) is 7.11 Å². The largest absolute Gasteiger partial charge is 0.496 e. The molecule has 5 heteroatoms. The lowest BCUT2D eigenvalue weighted by molar-refractivity contribution is 0.0725. The Kier molecular flexibility index (Phi) is 9.02. The number of aromatic nitrogens is 1. The lowest BCUT2D eigenvalue weighted by atomic mass is 9.73. The summed E-state index contributed by atoms with van der Waals surface area (Å²) in [5.74, 6) is 0.612. The maximum absolute atomic E-state index is 13.2. The molecule has 0 bridgehead atoms. The zero-order valence-electron chi connectivity index (χ0n) is 21.6. The number of benzene rings is 1. The highest BCUT2D eigenvalue weighted by Gasteiger charge is 2.32. The van der Waals surface area contributed by atoms with Gasteiger partial charge in [0.05, 0.1) is 7.11 Å². The summed E-state index contributed by atoms with van der Waals surface area (Å²) in [5.41, 5.74) is 4.66. The number of ketones is 1. The van der Waals surface area contributed by atoms with Gasteiger partial charge in [0, 0.05) is 18.4 Å². The van der Waals surface area contributed by atoms with Crippen molar-refractivity contribution in [3.8, 4) is 11.5 Å². The van der Waals surface area contributed by atoms with Crippen LogP contribution in [0.2, 0.25) is 0 Å². The van der Waals surface area contributed by atoms with E-state index >= 15 is 0 Å². The molecular weight excluding hydrogens is 438 g/mol. The summed E-state index contributed by atoms with van der Waals surface area (Å²) < 4.78 is 11.9. The number of hydrogen-bond acceptors (Lipinski definition) is 5. The fourth-order valence-electron chi connectivity index (χ4n) is 4.76. The predicted octanol–water partition coefficient (Wildman–Crippen LogP) is 7.26. The predicted molar refractivity (Wildman–Crippen MR) is 139 cm³/mol. The molecule has 1 aliphatic rings. The fourth-order valence-corrected chi connectivity index (χ4v) is 4.76. The first-order valence-corrected chi connectivity index (χ1v) is 12.5. The van der Waals surface area contributed by atoms with Gasteiger partial charge in [-0.25, -0.2) is 9.78 Å². The van der Waals surface area contributed by atoms with E-state index in [1.807, 2.05) is 6.07 Å². The number of hydrogen-bond donors (Lipinski definition) is 0. The summed E-state index contributed by atoms with van der Waals surface area (Å²) in [6.07, 6.45) is 8.43. The van der Waals surface area contributed by atoms with E-state index in [1.165, 1.54) is 12.5 Å². The highest BCUT2D eigenvalue weighted by atomic mass is 16.5. The standard InChI is InChI=1S/C30H37NO4/c1-7-8-9-11-22-17-27(34-6)29(24-16-20(4)14-15-23(24)19(2)3)28(18-22)35-30(33)26-13-10-12-25(31-26)21(5)32/h10,12-13,16-18,23-24H,2,7-9,11,14-15H2,1,3-6H3/t23-,24+/m0/s1. The Labute approximate surface area is 209 Å². The molecule has 1 aromatic heterocycles. The molecule has 1 aliphatic carbocycles. The molecule has 1 heterocycles. The average molecular weight is 476 g/mol. The van der Waals surface area contributed by atoms with E-state index in [-0.39, 0.29) is 29.0 Å². The van der Waals surface area contributed by atoms with E-state index in [1.54, 1.807) is 25.3 Å². The van der Waals surface area contributed by atoms with E-state index in [2.05, 4.69) is 44.5 Å². The lowest BCUT2D eigenvalue weighted by Crippen LogP contribution is -2.20. The molecule has 0 fully saturated rings. The van der Waals surface area contributed by atoms with Gasteiger partial charge in [-0.15, -0.1) is 0 Å². The van der Waals surface area contributed by atoms with Crippen molar-refractivity contribution in [3.05, 3.63) is 76.6 Å². The van der Waals surface area contributed by atoms with Gasteiger partial charge >= 0.3 is 5.97 Å².